The number of carbonyl (C=O) groups is 1. The minimum atomic E-state index is -1.34. The maximum Gasteiger partial charge on any atom is 0.376 e. The number of fused-ring (bicyclic) bond motifs is 1. The fourth-order valence-corrected chi connectivity index (χ4v) is 4.62. The molecule has 0 amide bonds. The van der Waals surface area contributed by atoms with Gasteiger partial charge < -0.3 is 30.1 Å². The van der Waals surface area contributed by atoms with Crippen molar-refractivity contribution in [3.05, 3.63) is 83.9 Å². The van der Waals surface area contributed by atoms with Gasteiger partial charge in [-0.25, -0.2) is 19.7 Å². The Hall–Kier alpha value is -3.90. The first kappa shape index (κ1) is 25.7. The van der Waals surface area contributed by atoms with Crippen LogP contribution >= 0.6 is 0 Å². The Morgan fingerprint density at radius 2 is 1.71 bits per heavy atom. The van der Waals surface area contributed by atoms with Crippen molar-refractivity contribution in [1.29, 1.82) is 0 Å². The number of hydrogen-bond donors (Lipinski definition) is 4. The van der Waals surface area contributed by atoms with Crippen LogP contribution in [0.25, 0.3) is 11.2 Å². The van der Waals surface area contributed by atoms with Crippen molar-refractivity contribution >= 4 is 23.0 Å². The number of hydrogen-bond acceptors (Lipinski definition) is 10. The molecule has 1 saturated heterocycles. The van der Waals surface area contributed by atoms with Crippen molar-refractivity contribution in [1.82, 2.24) is 19.5 Å². The molecule has 0 unspecified atom stereocenters. The Bertz CT molecular complexity index is 1340. The summed E-state index contributed by atoms with van der Waals surface area (Å²) < 4.78 is 12.2. The molecule has 1 fully saturated rings. The topological polar surface area (TPSA) is 152 Å². The van der Waals surface area contributed by atoms with Gasteiger partial charge in [-0.2, -0.15) is 0 Å². The summed E-state index contributed by atoms with van der Waals surface area (Å²) in [5.41, 5.74) is 2.74. The Balaban J connectivity index is 1.53. The van der Waals surface area contributed by atoms with Crippen LogP contribution in [0.2, 0.25) is 0 Å². The fourth-order valence-electron chi connectivity index (χ4n) is 4.62. The first-order valence-electron chi connectivity index (χ1n) is 12.4. The molecule has 11 heteroatoms. The summed E-state index contributed by atoms with van der Waals surface area (Å²) >= 11 is 0. The van der Waals surface area contributed by atoms with Gasteiger partial charge in [0.25, 0.3) is 0 Å². The lowest BCUT2D eigenvalue weighted by Gasteiger charge is -2.20. The van der Waals surface area contributed by atoms with Gasteiger partial charge in [-0.05, 0) is 18.1 Å². The zero-order valence-corrected chi connectivity index (χ0v) is 20.7. The van der Waals surface area contributed by atoms with Gasteiger partial charge in [-0.15, -0.1) is 0 Å². The van der Waals surface area contributed by atoms with Crippen LogP contribution in [-0.4, -0.2) is 78.9 Å². The number of nitrogens with zero attached hydrogens (tertiary/aromatic N) is 4. The van der Waals surface area contributed by atoms with Crippen molar-refractivity contribution in [3.8, 4) is 0 Å². The third-order valence-electron chi connectivity index (χ3n) is 6.55. The number of rotatable bonds is 9. The molecule has 38 heavy (non-hydrogen) atoms. The zero-order chi connectivity index (χ0) is 26.6. The molecule has 2 aromatic carbocycles. The minimum absolute atomic E-state index is 0.0315. The fraction of sp³-hybridized carbons (Fsp3) is 0.333. The van der Waals surface area contributed by atoms with Crippen molar-refractivity contribution in [2.24, 2.45) is 0 Å². The van der Waals surface area contributed by atoms with Crippen LogP contribution in [0.4, 0.5) is 5.82 Å². The monoisotopic (exact) mass is 519 g/mol. The van der Waals surface area contributed by atoms with Crippen LogP contribution in [0, 0.1) is 0 Å². The maximum absolute atomic E-state index is 12.6. The third-order valence-corrected chi connectivity index (χ3v) is 6.55. The van der Waals surface area contributed by atoms with Gasteiger partial charge in [-0.3, -0.25) is 4.57 Å². The standard InChI is InChI=1S/C27H29N5O6/c1-2-37-27(36)24-30-23(28-13-18(16-9-5-3-6-10-16)17-11-7-4-8-12-17)20-25(31-24)32(15-29-20)26-22(35)21(34)19(14-33)38-26/h3-12,15,18-19,21-22,26,33-35H,2,13-14H2,1H3,(H,28,30,31)/t19-,21-,22-,26-/m1/s1. The van der Waals surface area contributed by atoms with Crippen LogP contribution in [0.5, 0.6) is 0 Å². The molecular formula is C27H29N5O6. The molecule has 5 rings (SSSR count). The summed E-state index contributed by atoms with van der Waals surface area (Å²) in [5.74, 6) is -0.628. The van der Waals surface area contributed by atoms with Crippen molar-refractivity contribution < 1.29 is 29.6 Å². The van der Waals surface area contributed by atoms with Crippen LogP contribution < -0.4 is 5.32 Å². The average Bonchev–Trinajstić information content (AvgIpc) is 3.50. The Morgan fingerprint density at radius 1 is 1.05 bits per heavy atom. The van der Waals surface area contributed by atoms with E-state index in [1.807, 2.05) is 36.4 Å². The Labute approximate surface area is 218 Å². The van der Waals surface area contributed by atoms with E-state index in [9.17, 15) is 20.1 Å². The van der Waals surface area contributed by atoms with E-state index in [4.69, 9.17) is 9.47 Å². The van der Waals surface area contributed by atoms with Gasteiger partial charge in [0.15, 0.2) is 23.2 Å². The number of ether oxygens (including phenoxy) is 2. The number of nitrogens with one attached hydrogen (secondary N) is 1. The average molecular weight is 520 g/mol. The lowest BCUT2D eigenvalue weighted by Crippen LogP contribution is -2.33. The van der Waals surface area contributed by atoms with Gasteiger partial charge >= 0.3 is 5.97 Å². The molecule has 0 aliphatic carbocycles. The Kier molecular flexibility index (Phi) is 7.61. The molecule has 0 saturated carbocycles. The zero-order valence-electron chi connectivity index (χ0n) is 20.7. The van der Waals surface area contributed by atoms with E-state index < -0.39 is 37.1 Å². The van der Waals surface area contributed by atoms with E-state index in [2.05, 4.69) is 44.5 Å². The Morgan fingerprint density at radius 3 is 2.29 bits per heavy atom. The quantitative estimate of drug-likeness (QED) is 0.241. The number of anilines is 1. The normalized spacial score (nSPS) is 21.2. The highest BCUT2D eigenvalue weighted by Gasteiger charge is 2.44. The molecule has 0 spiro atoms. The first-order chi connectivity index (χ1) is 18.5. The number of aliphatic hydroxyl groups is 3. The summed E-state index contributed by atoms with van der Waals surface area (Å²) in [4.78, 5) is 25.8. The van der Waals surface area contributed by atoms with E-state index in [0.717, 1.165) is 11.1 Å². The second kappa shape index (κ2) is 11.2. The molecule has 1 aliphatic rings. The van der Waals surface area contributed by atoms with Crippen LogP contribution in [0.3, 0.4) is 0 Å². The minimum Gasteiger partial charge on any atom is -0.460 e. The van der Waals surface area contributed by atoms with Crippen molar-refractivity contribution in [3.63, 3.8) is 0 Å². The molecule has 198 valence electrons. The molecule has 2 aromatic heterocycles. The first-order valence-corrected chi connectivity index (χ1v) is 12.4. The number of carbonyl (C=O) groups excluding carboxylic acids is 1. The van der Waals surface area contributed by atoms with Gasteiger partial charge in [0.2, 0.25) is 5.82 Å². The molecular weight excluding hydrogens is 490 g/mol. The van der Waals surface area contributed by atoms with E-state index in [-0.39, 0.29) is 24.0 Å². The molecule has 4 N–H and O–H groups in total. The summed E-state index contributed by atoms with van der Waals surface area (Å²) in [5, 5.41) is 33.6. The van der Waals surface area contributed by atoms with Gasteiger partial charge in [-0.1, -0.05) is 60.7 Å². The smallest absolute Gasteiger partial charge is 0.376 e. The van der Waals surface area contributed by atoms with Crippen molar-refractivity contribution in [2.75, 3.05) is 25.1 Å². The molecule has 0 radical (unpaired) electrons. The van der Waals surface area contributed by atoms with E-state index in [0.29, 0.717) is 17.9 Å². The summed E-state index contributed by atoms with van der Waals surface area (Å²) in [6.07, 6.45) is -3.31. The van der Waals surface area contributed by atoms with E-state index >= 15 is 0 Å². The van der Waals surface area contributed by atoms with E-state index in [1.165, 1.54) is 10.9 Å². The molecule has 4 aromatic rings. The number of aliphatic hydroxyl groups excluding tert-OH is 3. The highest BCUT2D eigenvalue weighted by atomic mass is 16.6. The second-order valence-electron chi connectivity index (χ2n) is 8.92. The highest BCUT2D eigenvalue weighted by Crippen LogP contribution is 2.33. The third kappa shape index (κ3) is 4.96. The summed E-state index contributed by atoms with van der Waals surface area (Å²) in [6.45, 7) is 1.78. The largest absolute Gasteiger partial charge is 0.460 e. The van der Waals surface area contributed by atoms with Crippen molar-refractivity contribution in [2.45, 2.75) is 37.4 Å². The van der Waals surface area contributed by atoms with Gasteiger partial charge in [0.1, 0.15) is 18.3 Å². The second-order valence-corrected chi connectivity index (χ2v) is 8.92. The van der Waals surface area contributed by atoms with E-state index in [1.54, 1.807) is 6.92 Å². The number of imidazole rings is 1. The number of benzene rings is 2. The SMILES string of the molecule is CCOC(=O)c1nc(NCC(c2ccccc2)c2ccccc2)c2ncn([C@@H]3O[C@H](CO)[C@@H](O)[C@H]3O)c2n1. The van der Waals surface area contributed by atoms with Gasteiger partial charge in [0.05, 0.1) is 19.5 Å². The number of aromatic nitrogens is 4. The van der Waals surface area contributed by atoms with Crippen LogP contribution in [0.15, 0.2) is 67.0 Å². The molecule has 3 heterocycles. The molecule has 1 aliphatic heterocycles. The summed E-state index contributed by atoms with van der Waals surface area (Å²) in [7, 11) is 0. The molecule has 4 atom stereocenters. The lowest BCUT2D eigenvalue weighted by atomic mass is 9.91. The van der Waals surface area contributed by atoms with Gasteiger partial charge in [0, 0.05) is 12.5 Å². The van der Waals surface area contributed by atoms with Crippen LogP contribution in [0.1, 0.15) is 40.8 Å². The predicted molar refractivity (Wildman–Crippen MR) is 138 cm³/mol. The maximum atomic E-state index is 12.6. The van der Waals surface area contributed by atoms with Crippen LogP contribution in [-0.2, 0) is 9.47 Å². The highest BCUT2D eigenvalue weighted by molar-refractivity contribution is 5.91. The summed E-state index contributed by atoms with van der Waals surface area (Å²) in [6, 6.07) is 20.1. The lowest BCUT2D eigenvalue weighted by molar-refractivity contribution is -0.0511. The number of esters is 1. The molecule has 0 bridgehead atoms. The molecule has 11 nitrogen and oxygen atoms in total. The predicted octanol–water partition coefficient (Wildman–Crippen LogP) is 1.86.